The topological polar surface area (TPSA) is 93.1 Å². The zero-order valence-corrected chi connectivity index (χ0v) is 14.7. The van der Waals surface area contributed by atoms with Gasteiger partial charge in [-0.1, -0.05) is 66.7 Å². The molecule has 0 amide bonds. The van der Waals surface area contributed by atoms with E-state index >= 15 is 0 Å². The van der Waals surface area contributed by atoms with Gasteiger partial charge in [0.2, 0.25) is 17.2 Å². The molecule has 2 aromatic carbocycles. The fourth-order valence-corrected chi connectivity index (χ4v) is 3.38. The van der Waals surface area contributed by atoms with E-state index in [-0.39, 0.29) is 11.1 Å². The maximum absolute atomic E-state index is 13.2. The Morgan fingerprint density at radius 2 is 1.41 bits per heavy atom. The van der Waals surface area contributed by atoms with E-state index in [1.165, 1.54) is 37.5 Å². The molecule has 1 heterocycles. The van der Waals surface area contributed by atoms with Gasteiger partial charge in [-0.05, 0) is 0 Å². The zero-order valence-electron chi connectivity index (χ0n) is 14.7. The number of carbonyl (C=O) groups excluding carboxylic acids is 2. The van der Waals surface area contributed by atoms with Gasteiger partial charge in [0.15, 0.2) is 11.9 Å². The molecule has 0 radical (unpaired) electrons. The van der Waals surface area contributed by atoms with Crippen LogP contribution in [0.25, 0.3) is 0 Å². The minimum Gasteiger partial charge on any atom is -0.376 e. The standard InChI is InChI=1S/C21H20O6/c1-3-16-20(24,17(22)14-10-6-4-7-11-14)21(25,19(26-2)27-16)18(23)15-12-8-5-9-13-15/h3-13,16,19,24-25H,1H2,2H3/t16-,19+,20+,21+/m1/s1. The van der Waals surface area contributed by atoms with Gasteiger partial charge in [0, 0.05) is 18.2 Å². The summed E-state index contributed by atoms with van der Waals surface area (Å²) in [6.45, 7) is 3.57. The highest BCUT2D eigenvalue weighted by Crippen LogP contribution is 2.45. The van der Waals surface area contributed by atoms with Crippen molar-refractivity contribution in [2.45, 2.75) is 23.6 Å². The number of ether oxygens (including phenoxy) is 2. The highest BCUT2D eigenvalue weighted by Gasteiger charge is 2.73. The lowest BCUT2D eigenvalue weighted by atomic mass is 9.71. The maximum Gasteiger partial charge on any atom is 0.218 e. The Balaban J connectivity index is 2.19. The first kappa shape index (κ1) is 19.1. The van der Waals surface area contributed by atoms with Crippen LogP contribution in [0.15, 0.2) is 73.3 Å². The molecule has 1 fully saturated rings. The first-order chi connectivity index (χ1) is 12.9. The normalized spacial score (nSPS) is 30.0. The lowest BCUT2D eigenvalue weighted by molar-refractivity contribution is -0.175. The van der Waals surface area contributed by atoms with Crippen molar-refractivity contribution in [2.75, 3.05) is 7.11 Å². The van der Waals surface area contributed by atoms with Crippen LogP contribution in [0.1, 0.15) is 20.7 Å². The molecule has 6 nitrogen and oxygen atoms in total. The molecule has 4 atom stereocenters. The smallest absolute Gasteiger partial charge is 0.218 e. The van der Waals surface area contributed by atoms with Crippen molar-refractivity contribution in [2.24, 2.45) is 0 Å². The molecule has 2 aromatic rings. The predicted molar refractivity (Wildman–Crippen MR) is 97.3 cm³/mol. The van der Waals surface area contributed by atoms with Gasteiger partial charge < -0.3 is 19.7 Å². The molecule has 140 valence electrons. The zero-order chi connectivity index (χ0) is 19.7. The monoisotopic (exact) mass is 368 g/mol. The second kappa shape index (κ2) is 7.17. The summed E-state index contributed by atoms with van der Waals surface area (Å²) in [6, 6.07) is 15.8. The summed E-state index contributed by atoms with van der Waals surface area (Å²) in [5, 5.41) is 22.8. The number of carbonyl (C=O) groups is 2. The molecule has 1 aliphatic heterocycles. The largest absolute Gasteiger partial charge is 0.376 e. The number of hydrogen-bond donors (Lipinski definition) is 2. The molecule has 1 saturated heterocycles. The van der Waals surface area contributed by atoms with Gasteiger partial charge in [-0.2, -0.15) is 0 Å². The molecule has 1 aliphatic rings. The summed E-state index contributed by atoms with van der Waals surface area (Å²) in [6.07, 6.45) is -1.75. The highest BCUT2D eigenvalue weighted by molar-refractivity contribution is 6.13. The molecule has 6 heteroatoms. The Kier molecular flexibility index (Phi) is 5.08. The summed E-state index contributed by atoms with van der Waals surface area (Å²) in [4.78, 5) is 26.4. The summed E-state index contributed by atoms with van der Waals surface area (Å²) in [5.41, 5.74) is -5.07. The Hall–Kier alpha value is -2.64. The minimum atomic E-state index is -2.67. The number of ketones is 2. The molecular formula is C21H20O6. The lowest BCUT2D eigenvalue weighted by Gasteiger charge is -2.37. The first-order valence-corrected chi connectivity index (χ1v) is 8.36. The van der Waals surface area contributed by atoms with Gasteiger partial charge in [-0.3, -0.25) is 9.59 Å². The number of hydrogen-bond acceptors (Lipinski definition) is 6. The molecule has 0 saturated carbocycles. The molecule has 3 rings (SSSR count). The van der Waals surface area contributed by atoms with E-state index in [1.54, 1.807) is 36.4 Å². The Morgan fingerprint density at radius 3 is 1.81 bits per heavy atom. The summed E-state index contributed by atoms with van der Waals surface area (Å²) in [7, 11) is 1.22. The fourth-order valence-electron chi connectivity index (χ4n) is 3.38. The van der Waals surface area contributed by atoms with E-state index in [9.17, 15) is 19.8 Å². The van der Waals surface area contributed by atoms with Crippen LogP contribution >= 0.6 is 0 Å². The summed E-state index contributed by atoms with van der Waals surface area (Å²) in [5.74, 6) is -1.74. The van der Waals surface area contributed by atoms with Crippen LogP contribution < -0.4 is 0 Å². The minimum absolute atomic E-state index is 0.106. The fraction of sp³-hybridized carbons (Fsp3) is 0.238. The molecule has 0 spiro atoms. The van der Waals surface area contributed by atoms with Crippen molar-refractivity contribution in [1.82, 2.24) is 0 Å². The van der Waals surface area contributed by atoms with Crippen molar-refractivity contribution in [1.29, 1.82) is 0 Å². The van der Waals surface area contributed by atoms with Gasteiger partial charge in [0.1, 0.15) is 6.10 Å². The molecule has 2 N–H and O–H groups in total. The van der Waals surface area contributed by atoms with Crippen molar-refractivity contribution in [3.05, 3.63) is 84.4 Å². The first-order valence-electron chi connectivity index (χ1n) is 8.36. The molecule has 0 bridgehead atoms. The third-order valence-corrected chi connectivity index (χ3v) is 4.80. The quantitative estimate of drug-likeness (QED) is 0.596. The molecular weight excluding hydrogens is 348 g/mol. The second-order valence-electron chi connectivity index (χ2n) is 6.28. The van der Waals surface area contributed by atoms with Crippen molar-refractivity contribution in [3.63, 3.8) is 0 Å². The van der Waals surface area contributed by atoms with Crippen LogP contribution in [0.4, 0.5) is 0 Å². The van der Waals surface area contributed by atoms with Crippen molar-refractivity contribution < 1.29 is 29.3 Å². The Labute approximate surface area is 156 Å². The molecule has 27 heavy (non-hydrogen) atoms. The van der Waals surface area contributed by atoms with E-state index in [0.717, 1.165) is 0 Å². The van der Waals surface area contributed by atoms with Crippen LogP contribution in [0.2, 0.25) is 0 Å². The third-order valence-electron chi connectivity index (χ3n) is 4.80. The average molecular weight is 368 g/mol. The van der Waals surface area contributed by atoms with Gasteiger partial charge in [0.25, 0.3) is 0 Å². The van der Waals surface area contributed by atoms with Crippen molar-refractivity contribution >= 4 is 11.6 Å². The van der Waals surface area contributed by atoms with Crippen molar-refractivity contribution in [3.8, 4) is 0 Å². The predicted octanol–water partition coefficient (Wildman–Crippen LogP) is 1.77. The molecule has 0 unspecified atom stereocenters. The average Bonchev–Trinajstić information content (AvgIpc) is 2.96. The van der Waals surface area contributed by atoms with E-state index < -0.39 is 35.2 Å². The Morgan fingerprint density at radius 1 is 0.963 bits per heavy atom. The van der Waals surface area contributed by atoms with Gasteiger partial charge in [0.05, 0.1) is 0 Å². The number of aliphatic hydroxyl groups is 2. The number of Topliss-reactive ketones (excluding diaryl/α,β-unsaturated/α-hetero) is 2. The SMILES string of the molecule is C=C[C@H]1O[C@H](OC)[C@@](O)(C(=O)c2ccccc2)[C@@]1(O)C(=O)c1ccccc1. The van der Waals surface area contributed by atoms with Gasteiger partial charge >= 0.3 is 0 Å². The molecule has 0 aromatic heterocycles. The number of benzene rings is 2. The van der Waals surface area contributed by atoms with Crippen LogP contribution in [-0.4, -0.2) is 52.5 Å². The highest BCUT2D eigenvalue weighted by atomic mass is 16.7. The number of rotatable bonds is 6. The maximum atomic E-state index is 13.2. The number of methoxy groups -OCH3 is 1. The van der Waals surface area contributed by atoms with E-state index in [2.05, 4.69) is 6.58 Å². The van der Waals surface area contributed by atoms with Gasteiger partial charge in [-0.15, -0.1) is 6.58 Å². The van der Waals surface area contributed by atoms with Gasteiger partial charge in [-0.25, -0.2) is 0 Å². The van der Waals surface area contributed by atoms with Crippen LogP contribution in [0.3, 0.4) is 0 Å². The second-order valence-corrected chi connectivity index (χ2v) is 6.28. The van der Waals surface area contributed by atoms with Crippen LogP contribution in [0.5, 0.6) is 0 Å². The summed E-state index contributed by atoms with van der Waals surface area (Å²) >= 11 is 0. The lowest BCUT2D eigenvalue weighted by Crippen LogP contribution is -2.67. The Bertz CT molecular complexity index is 849. The van der Waals surface area contributed by atoms with E-state index in [4.69, 9.17) is 9.47 Å². The third kappa shape index (κ3) is 2.74. The van der Waals surface area contributed by atoms with E-state index in [0.29, 0.717) is 0 Å². The molecule has 0 aliphatic carbocycles. The van der Waals surface area contributed by atoms with Crippen LogP contribution in [-0.2, 0) is 9.47 Å². The summed E-state index contributed by atoms with van der Waals surface area (Å²) < 4.78 is 10.6. The van der Waals surface area contributed by atoms with E-state index in [1.807, 2.05) is 0 Å². The van der Waals surface area contributed by atoms with Crippen LogP contribution in [0, 0.1) is 0 Å².